The minimum atomic E-state index is -1.38. The van der Waals surface area contributed by atoms with E-state index in [4.69, 9.17) is 4.74 Å². The maximum atomic E-state index is 11.7. The van der Waals surface area contributed by atoms with Crippen LogP contribution in [0.25, 0.3) is 0 Å². The van der Waals surface area contributed by atoms with E-state index in [-0.39, 0.29) is 6.10 Å². The lowest BCUT2D eigenvalue weighted by Crippen LogP contribution is -2.45. The van der Waals surface area contributed by atoms with E-state index in [1.165, 1.54) is 0 Å². The molecule has 1 N–H and O–H groups in total. The van der Waals surface area contributed by atoms with Gasteiger partial charge in [-0.05, 0) is 31.2 Å². The third-order valence-corrected chi connectivity index (χ3v) is 5.40. The predicted octanol–water partition coefficient (Wildman–Crippen LogP) is 2.59. The molecule has 0 spiro atoms. The second kappa shape index (κ2) is 3.84. The van der Waals surface area contributed by atoms with Gasteiger partial charge in [-0.1, -0.05) is 19.6 Å². The van der Waals surface area contributed by atoms with Crippen LogP contribution in [0, 0.1) is 11.3 Å². The predicted molar refractivity (Wildman–Crippen MR) is 65.3 cm³/mol. The Kier molecular flexibility index (Phi) is 2.91. The number of rotatable bonds is 4. The summed E-state index contributed by atoms with van der Waals surface area (Å²) in [4.78, 5) is 11.7. The lowest BCUT2D eigenvalue weighted by atomic mass is 9.81. The van der Waals surface area contributed by atoms with E-state index in [2.05, 4.69) is 19.6 Å². The zero-order valence-corrected chi connectivity index (χ0v) is 11.5. The molecule has 0 aromatic carbocycles. The van der Waals surface area contributed by atoms with Crippen LogP contribution in [0.2, 0.25) is 25.7 Å². The number of aliphatic carboxylic acids is 1. The number of hydrogen-bond donors (Lipinski definition) is 1. The first kappa shape index (κ1) is 12.1. The molecule has 2 rings (SSSR count). The van der Waals surface area contributed by atoms with Gasteiger partial charge in [-0.2, -0.15) is 0 Å². The maximum absolute atomic E-state index is 11.7. The largest absolute Gasteiger partial charge is 0.481 e. The summed E-state index contributed by atoms with van der Waals surface area (Å²) in [5, 5.41) is 9.62. The first-order chi connectivity index (χ1) is 7.35. The highest BCUT2D eigenvalue weighted by atomic mass is 28.3. The maximum Gasteiger partial charge on any atom is 0.312 e. The van der Waals surface area contributed by atoms with Crippen molar-refractivity contribution in [1.29, 1.82) is 0 Å². The molecule has 16 heavy (non-hydrogen) atoms. The minimum Gasteiger partial charge on any atom is -0.481 e. The summed E-state index contributed by atoms with van der Waals surface area (Å²) in [7, 11) is -1.38. The number of hydrogen-bond acceptors (Lipinski definition) is 2. The van der Waals surface area contributed by atoms with Crippen LogP contribution in [-0.2, 0) is 9.53 Å². The smallest absolute Gasteiger partial charge is 0.312 e. The molecule has 2 unspecified atom stereocenters. The normalized spacial score (nSPS) is 35.3. The standard InChI is InChI=1S/C12H22O3Si/c1-16(2,3)8-12(11(13)14)6-7-15-10(12)9-4-5-9/h9-10H,4-8H2,1-3H3,(H,13,14). The Labute approximate surface area is 98.2 Å². The molecular weight excluding hydrogens is 220 g/mol. The summed E-state index contributed by atoms with van der Waals surface area (Å²) in [6.45, 7) is 7.39. The third-order valence-electron chi connectivity index (χ3n) is 3.71. The third kappa shape index (κ3) is 2.18. The van der Waals surface area contributed by atoms with Crippen LogP contribution in [0.5, 0.6) is 0 Å². The number of carboxylic acid groups (broad SMARTS) is 1. The quantitative estimate of drug-likeness (QED) is 0.771. The average Bonchev–Trinajstić information content (AvgIpc) is 2.86. The first-order valence-electron chi connectivity index (χ1n) is 6.20. The molecule has 1 aliphatic heterocycles. The van der Waals surface area contributed by atoms with Crippen LogP contribution in [-0.4, -0.2) is 31.9 Å². The van der Waals surface area contributed by atoms with Crippen molar-refractivity contribution in [2.24, 2.45) is 11.3 Å². The summed E-state index contributed by atoms with van der Waals surface area (Å²) in [5.41, 5.74) is -0.564. The fraction of sp³-hybridized carbons (Fsp3) is 0.917. The van der Waals surface area contributed by atoms with Gasteiger partial charge in [-0.3, -0.25) is 4.79 Å². The van der Waals surface area contributed by atoms with Crippen molar-refractivity contribution in [3.63, 3.8) is 0 Å². The Bertz CT molecular complexity index is 293. The first-order valence-corrected chi connectivity index (χ1v) is 9.91. The SMILES string of the molecule is C[Si](C)(C)CC1(C(=O)O)CCOC1C1CC1. The molecule has 1 heterocycles. The van der Waals surface area contributed by atoms with Crippen molar-refractivity contribution in [3.05, 3.63) is 0 Å². The fourth-order valence-corrected chi connectivity index (χ4v) is 5.52. The van der Waals surface area contributed by atoms with Gasteiger partial charge in [0.25, 0.3) is 0 Å². The highest BCUT2D eigenvalue weighted by molar-refractivity contribution is 6.76. The van der Waals surface area contributed by atoms with Gasteiger partial charge in [0, 0.05) is 14.7 Å². The molecule has 0 bridgehead atoms. The Morgan fingerprint density at radius 2 is 2.06 bits per heavy atom. The van der Waals surface area contributed by atoms with Gasteiger partial charge in [0.1, 0.15) is 0 Å². The second-order valence-electron chi connectivity index (χ2n) is 6.58. The van der Waals surface area contributed by atoms with E-state index >= 15 is 0 Å². The van der Waals surface area contributed by atoms with Crippen molar-refractivity contribution >= 4 is 14.0 Å². The van der Waals surface area contributed by atoms with Gasteiger partial charge in [-0.15, -0.1) is 0 Å². The molecule has 2 aliphatic rings. The van der Waals surface area contributed by atoms with Gasteiger partial charge >= 0.3 is 5.97 Å². The Morgan fingerprint density at radius 3 is 2.50 bits per heavy atom. The summed E-state index contributed by atoms with van der Waals surface area (Å²) < 4.78 is 5.74. The molecule has 1 saturated heterocycles. The Hall–Kier alpha value is -0.353. The van der Waals surface area contributed by atoms with Crippen LogP contribution in [0.3, 0.4) is 0 Å². The van der Waals surface area contributed by atoms with Gasteiger partial charge in [0.15, 0.2) is 0 Å². The molecule has 1 saturated carbocycles. The van der Waals surface area contributed by atoms with Crippen LogP contribution < -0.4 is 0 Å². The molecule has 2 fully saturated rings. The topological polar surface area (TPSA) is 46.5 Å². The van der Waals surface area contributed by atoms with Crippen LogP contribution in [0.4, 0.5) is 0 Å². The van der Waals surface area contributed by atoms with Crippen molar-refractivity contribution in [1.82, 2.24) is 0 Å². The van der Waals surface area contributed by atoms with E-state index in [1.807, 2.05) is 0 Å². The van der Waals surface area contributed by atoms with E-state index in [1.54, 1.807) is 0 Å². The molecule has 92 valence electrons. The molecule has 0 aromatic rings. The van der Waals surface area contributed by atoms with Gasteiger partial charge in [0.05, 0.1) is 11.5 Å². The van der Waals surface area contributed by atoms with Crippen LogP contribution >= 0.6 is 0 Å². The zero-order chi connectivity index (χ0) is 12.0. The molecule has 0 aromatic heterocycles. The molecule has 2 atom stereocenters. The fourth-order valence-electron chi connectivity index (χ4n) is 3.10. The monoisotopic (exact) mass is 242 g/mol. The van der Waals surface area contributed by atoms with Gasteiger partial charge in [0.2, 0.25) is 0 Å². The molecule has 0 radical (unpaired) electrons. The number of carbonyl (C=O) groups is 1. The highest BCUT2D eigenvalue weighted by Crippen LogP contribution is 2.51. The lowest BCUT2D eigenvalue weighted by molar-refractivity contribution is -0.151. The van der Waals surface area contributed by atoms with Crippen LogP contribution in [0.15, 0.2) is 0 Å². The van der Waals surface area contributed by atoms with E-state index in [0.29, 0.717) is 18.9 Å². The molecule has 0 amide bonds. The Morgan fingerprint density at radius 1 is 1.44 bits per heavy atom. The zero-order valence-electron chi connectivity index (χ0n) is 10.5. The van der Waals surface area contributed by atoms with Crippen molar-refractivity contribution in [2.45, 2.75) is 51.1 Å². The molecule has 3 nitrogen and oxygen atoms in total. The van der Waals surface area contributed by atoms with E-state index in [9.17, 15) is 9.90 Å². The highest BCUT2D eigenvalue weighted by Gasteiger charge is 2.57. The molecular formula is C12H22O3Si. The second-order valence-corrected chi connectivity index (χ2v) is 12.1. The summed E-state index contributed by atoms with van der Waals surface area (Å²) >= 11 is 0. The van der Waals surface area contributed by atoms with Crippen molar-refractivity contribution in [3.8, 4) is 0 Å². The summed E-state index contributed by atoms with van der Waals surface area (Å²) in [6, 6.07) is 0.858. The number of ether oxygens (including phenoxy) is 1. The van der Waals surface area contributed by atoms with Crippen molar-refractivity contribution < 1.29 is 14.6 Å². The summed E-state index contributed by atoms with van der Waals surface area (Å²) in [5.74, 6) is -0.0979. The number of carboxylic acids is 1. The lowest BCUT2D eigenvalue weighted by Gasteiger charge is -2.34. The molecule has 1 aliphatic carbocycles. The minimum absolute atomic E-state index is 0.00303. The average molecular weight is 242 g/mol. The van der Waals surface area contributed by atoms with Gasteiger partial charge < -0.3 is 9.84 Å². The van der Waals surface area contributed by atoms with Crippen LogP contribution in [0.1, 0.15) is 19.3 Å². The molecule has 4 heteroatoms. The van der Waals surface area contributed by atoms with Crippen molar-refractivity contribution in [2.75, 3.05) is 6.61 Å². The Balaban J connectivity index is 2.23. The van der Waals surface area contributed by atoms with Gasteiger partial charge in [-0.25, -0.2) is 0 Å². The summed E-state index contributed by atoms with van der Waals surface area (Å²) in [6.07, 6.45) is 3.03. The van der Waals surface area contributed by atoms with E-state index < -0.39 is 19.5 Å². The van der Waals surface area contributed by atoms with E-state index in [0.717, 1.165) is 18.9 Å².